The first-order valence-electron chi connectivity index (χ1n) is 7.32. The van der Waals surface area contributed by atoms with Gasteiger partial charge in [0.25, 0.3) is 0 Å². The number of ether oxygens (including phenoxy) is 2. The minimum atomic E-state index is -0.870. The van der Waals surface area contributed by atoms with Crippen molar-refractivity contribution >= 4 is 11.9 Å². The minimum absolute atomic E-state index is 0.307. The van der Waals surface area contributed by atoms with E-state index in [4.69, 9.17) is 9.47 Å². The molecule has 1 aliphatic carbocycles. The van der Waals surface area contributed by atoms with Crippen LogP contribution in [0.2, 0.25) is 0 Å². The maximum Gasteiger partial charge on any atom is 0.316 e. The fourth-order valence-corrected chi connectivity index (χ4v) is 2.61. The lowest BCUT2D eigenvalue weighted by Gasteiger charge is -2.36. The molecule has 1 aliphatic rings. The molecule has 0 aromatic carbocycles. The van der Waals surface area contributed by atoms with Crippen LogP contribution in [0, 0.1) is 17.3 Å². The van der Waals surface area contributed by atoms with Crippen molar-refractivity contribution in [3.63, 3.8) is 0 Å². The molecule has 0 radical (unpaired) electrons. The summed E-state index contributed by atoms with van der Waals surface area (Å²) in [7, 11) is 0. The normalized spacial score (nSPS) is 25.2. The zero-order valence-corrected chi connectivity index (χ0v) is 13.0. The lowest BCUT2D eigenvalue weighted by Crippen LogP contribution is -2.42. The summed E-state index contributed by atoms with van der Waals surface area (Å²) < 4.78 is 10.3. The highest BCUT2D eigenvalue weighted by atomic mass is 16.5. The highest BCUT2D eigenvalue weighted by Gasteiger charge is 2.46. The Morgan fingerprint density at radius 2 is 1.95 bits per heavy atom. The molecule has 0 saturated carbocycles. The standard InChI is InChI=1S/C17H24O4/c1-5-10-13(15(18)20-6-2)14-11-8-9-12-17(14,4)16(19)21-7-3/h5,8-9,11-14H,1,6-7,10H2,2-4H3. The Morgan fingerprint density at radius 3 is 2.52 bits per heavy atom. The maximum absolute atomic E-state index is 12.3. The van der Waals surface area contributed by atoms with Crippen molar-refractivity contribution < 1.29 is 19.1 Å². The van der Waals surface area contributed by atoms with E-state index in [1.165, 1.54) is 0 Å². The van der Waals surface area contributed by atoms with E-state index in [1.807, 2.05) is 18.2 Å². The van der Waals surface area contributed by atoms with Gasteiger partial charge < -0.3 is 9.47 Å². The van der Waals surface area contributed by atoms with Crippen molar-refractivity contribution in [1.29, 1.82) is 0 Å². The summed E-state index contributed by atoms with van der Waals surface area (Å²) in [6.07, 6.45) is 9.47. The second kappa shape index (κ2) is 7.81. The second-order valence-corrected chi connectivity index (χ2v) is 5.16. The molecule has 0 fully saturated rings. The van der Waals surface area contributed by atoms with E-state index in [2.05, 4.69) is 6.58 Å². The predicted octanol–water partition coefficient (Wildman–Crippen LogP) is 3.05. The highest BCUT2D eigenvalue weighted by molar-refractivity contribution is 5.82. The summed E-state index contributed by atoms with van der Waals surface area (Å²) >= 11 is 0. The molecule has 0 spiro atoms. The van der Waals surface area contributed by atoms with Crippen LogP contribution in [0.4, 0.5) is 0 Å². The van der Waals surface area contributed by atoms with Crippen molar-refractivity contribution in [2.45, 2.75) is 27.2 Å². The largest absolute Gasteiger partial charge is 0.466 e. The van der Waals surface area contributed by atoms with Gasteiger partial charge in [0.1, 0.15) is 0 Å². The summed E-state index contributed by atoms with van der Waals surface area (Å²) in [6, 6.07) is 0. The monoisotopic (exact) mass is 292 g/mol. The number of allylic oxidation sites excluding steroid dienone is 4. The second-order valence-electron chi connectivity index (χ2n) is 5.16. The van der Waals surface area contributed by atoms with Gasteiger partial charge in [-0.2, -0.15) is 0 Å². The van der Waals surface area contributed by atoms with Crippen molar-refractivity contribution in [2.75, 3.05) is 13.2 Å². The van der Waals surface area contributed by atoms with Gasteiger partial charge in [-0.05, 0) is 27.2 Å². The Hall–Kier alpha value is -1.84. The molecular weight excluding hydrogens is 268 g/mol. The van der Waals surface area contributed by atoms with Gasteiger partial charge in [-0.1, -0.05) is 30.4 Å². The van der Waals surface area contributed by atoms with Crippen LogP contribution in [0.1, 0.15) is 27.2 Å². The third-order valence-corrected chi connectivity index (χ3v) is 3.72. The van der Waals surface area contributed by atoms with Gasteiger partial charge in [0, 0.05) is 5.92 Å². The van der Waals surface area contributed by atoms with E-state index < -0.39 is 11.3 Å². The number of rotatable bonds is 7. The molecule has 4 nitrogen and oxygen atoms in total. The van der Waals surface area contributed by atoms with E-state index >= 15 is 0 Å². The zero-order valence-electron chi connectivity index (χ0n) is 13.0. The number of hydrogen-bond donors (Lipinski definition) is 0. The first-order valence-corrected chi connectivity index (χ1v) is 7.32. The van der Waals surface area contributed by atoms with Gasteiger partial charge in [-0.25, -0.2) is 0 Å². The first-order chi connectivity index (χ1) is 10.0. The number of carbonyl (C=O) groups is 2. The van der Waals surface area contributed by atoms with Gasteiger partial charge in [-0.15, -0.1) is 6.58 Å². The van der Waals surface area contributed by atoms with E-state index in [0.717, 1.165) is 0 Å². The number of esters is 2. The fourth-order valence-electron chi connectivity index (χ4n) is 2.61. The molecule has 0 aliphatic heterocycles. The third-order valence-electron chi connectivity index (χ3n) is 3.72. The Bertz CT molecular complexity index is 450. The summed E-state index contributed by atoms with van der Waals surface area (Å²) in [4.78, 5) is 24.6. The van der Waals surface area contributed by atoms with E-state index in [-0.39, 0.29) is 17.9 Å². The summed E-state index contributed by atoms with van der Waals surface area (Å²) in [5, 5.41) is 0. The fraction of sp³-hybridized carbons (Fsp3) is 0.529. The number of carbonyl (C=O) groups excluding carboxylic acids is 2. The Kier molecular flexibility index (Phi) is 6.40. The topological polar surface area (TPSA) is 52.6 Å². The van der Waals surface area contributed by atoms with Gasteiger partial charge in [0.05, 0.1) is 24.5 Å². The molecule has 116 valence electrons. The van der Waals surface area contributed by atoms with E-state index in [1.54, 1.807) is 32.9 Å². The van der Waals surface area contributed by atoms with Gasteiger partial charge in [0.2, 0.25) is 0 Å². The predicted molar refractivity (Wildman–Crippen MR) is 81.4 cm³/mol. The summed E-state index contributed by atoms with van der Waals surface area (Å²) in [5.74, 6) is -1.39. The molecule has 0 aromatic heterocycles. The SMILES string of the molecule is C=CCC(C(=O)OCC)C1C=CC=CC1(C)C(=O)OCC. The Balaban J connectivity index is 3.10. The molecule has 21 heavy (non-hydrogen) atoms. The van der Waals surface area contributed by atoms with Crippen LogP contribution in [0.15, 0.2) is 37.0 Å². The quantitative estimate of drug-likeness (QED) is 0.534. The molecule has 0 amide bonds. The summed E-state index contributed by atoms with van der Waals surface area (Å²) in [5.41, 5.74) is -0.870. The average Bonchev–Trinajstić information content (AvgIpc) is 2.46. The van der Waals surface area contributed by atoms with Crippen molar-refractivity contribution in [3.05, 3.63) is 37.0 Å². The summed E-state index contributed by atoms with van der Waals surface area (Å²) in [6.45, 7) is 9.66. The molecule has 4 heteroatoms. The van der Waals surface area contributed by atoms with Gasteiger partial charge in [-0.3, -0.25) is 9.59 Å². The van der Waals surface area contributed by atoms with Crippen LogP contribution in [0.5, 0.6) is 0 Å². The lowest BCUT2D eigenvalue weighted by molar-refractivity contribution is -0.158. The van der Waals surface area contributed by atoms with Crippen molar-refractivity contribution in [1.82, 2.24) is 0 Å². The molecule has 0 aromatic rings. The molecule has 0 saturated heterocycles. The van der Waals surface area contributed by atoms with E-state index in [0.29, 0.717) is 19.6 Å². The third kappa shape index (κ3) is 3.84. The smallest absolute Gasteiger partial charge is 0.316 e. The lowest BCUT2D eigenvalue weighted by atomic mass is 9.67. The van der Waals surface area contributed by atoms with Crippen molar-refractivity contribution in [3.8, 4) is 0 Å². The van der Waals surface area contributed by atoms with Crippen LogP contribution in [0.3, 0.4) is 0 Å². The Morgan fingerprint density at radius 1 is 1.29 bits per heavy atom. The molecule has 0 N–H and O–H groups in total. The maximum atomic E-state index is 12.3. The highest BCUT2D eigenvalue weighted by Crippen LogP contribution is 2.41. The molecule has 0 bridgehead atoms. The molecule has 3 atom stereocenters. The van der Waals surface area contributed by atoms with Crippen LogP contribution in [-0.4, -0.2) is 25.2 Å². The average molecular weight is 292 g/mol. The van der Waals surface area contributed by atoms with Crippen LogP contribution < -0.4 is 0 Å². The van der Waals surface area contributed by atoms with E-state index in [9.17, 15) is 9.59 Å². The van der Waals surface area contributed by atoms with Gasteiger partial charge in [0.15, 0.2) is 0 Å². The minimum Gasteiger partial charge on any atom is -0.466 e. The molecule has 3 unspecified atom stereocenters. The van der Waals surface area contributed by atoms with Gasteiger partial charge >= 0.3 is 11.9 Å². The molecule has 1 rings (SSSR count). The Labute approximate surface area is 126 Å². The van der Waals surface area contributed by atoms with Crippen molar-refractivity contribution in [2.24, 2.45) is 17.3 Å². The van der Waals surface area contributed by atoms with Crippen LogP contribution in [0.25, 0.3) is 0 Å². The molecule has 0 heterocycles. The number of hydrogen-bond acceptors (Lipinski definition) is 4. The zero-order chi connectivity index (χ0) is 15.9. The first kappa shape index (κ1) is 17.2. The van der Waals surface area contributed by atoms with Crippen LogP contribution >= 0.6 is 0 Å². The van der Waals surface area contributed by atoms with Crippen LogP contribution in [-0.2, 0) is 19.1 Å². The molecular formula is C17H24O4.